The Kier molecular flexibility index (Phi) is 4.00. The molecule has 0 saturated heterocycles. The van der Waals surface area contributed by atoms with Gasteiger partial charge in [-0.05, 0) is 19.1 Å². The van der Waals surface area contributed by atoms with Crippen molar-refractivity contribution in [3.05, 3.63) is 71.6 Å². The van der Waals surface area contributed by atoms with Gasteiger partial charge < -0.3 is 18.7 Å². The lowest BCUT2D eigenvalue weighted by molar-refractivity contribution is 0.0632. The van der Waals surface area contributed by atoms with E-state index in [1.807, 2.05) is 44.3 Å². The largest absolute Gasteiger partial charge is 0.458 e. The minimum Gasteiger partial charge on any atom is -0.458 e. The van der Waals surface area contributed by atoms with Gasteiger partial charge in [0.15, 0.2) is 0 Å². The van der Waals surface area contributed by atoms with E-state index in [9.17, 15) is 4.79 Å². The number of fused-ring (bicyclic) bond motifs is 2. The molecule has 0 unspecified atom stereocenters. The van der Waals surface area contributed by atoms with Crippen molar-refractivity contribution in [1.29, 1.82) is 0 Å². The maximum Gasteiger partial charge on any atom is 0.312 e. The summed E-state index contributed by atoms with van der Waals surface area (Å²) in [7, 11) is 1.83. The van der Waals surface area contributed by atoms with Crippen LogP contribution in [0.4, 0.5) is 0 Å². The van der Waals surface area contributed by atoms with Crippen molar-refractivity contribution in [3.8, 4) is 11.5 Å². The van der Waals surface area contributed by atoms with Crippen LogP contribution in [0.25, 0.3) is 22.4 Å². The maximum absolute atomic E-state index is 13.5. The van der Waals surface area contributed by atoms with Crippen molar-refractivity contribution >= 4 is 16.9 Å². The number of aromatic amines is 1. The van der Waals surface area contributed by atoms with Gasteiger partial charge in [0.25, 0.3) is 5.89 Å². The van der Waals surface area contributed by atoms with Crippen molar-refractivity contribution in [2.24, 2.45) is 7.05 Å². The van der Waals surface area contributed by atoms with Gasteiger partial charge in [-0.1, -0.05) is 18.2 Å². The summed E-state index contributed by atoms with van der Waals surface area (Å²) >= 11 is 0. The summed E-state index contributed by atoms with van der Waals surface area (Å²) in [6.45, 7) is 2.36. The second kappa shape index (κ2) is 6.91. The second-order valence-electron chi connectivity index (χ2n) is 7.78. The lowest BCUT2D eigenvalue weighted by Crippen LogP contribution is -2.40. The number of carbonyl (C=O) groups excluding carboxylic acids is 1. The minimum absolute atomic E-state index is 0.0802. The number of carbonyl (C=O) groups is 1. The molecule has 1 amide bonds. The van der Waals surface area contributed by atoms with Crippen LogP contribution >= 0.6 is 0 Å². The van der Waals surface area contributed by atoms with Crippen molar-refractivity contribution in [2.75, 3.05) is 6.54 Å². The Hall–Kier alpha value is -4.21. The fourth-order valence-corrected chi connectivity index (χ4v) is 4.17. The monoisotopic (exact) mass is 429 g/mol. The van der Waals surface area contributed by atoms with Crippen molar-refractivity contribution in [3.63, 3.8) is 0 Å². The number of hydrogen-bond donors (Lipinski definition) is 1. The summed E-state index contributed by atoms with van der Waals surface area (Å²) in [5.41, 5.74) is 4.06. The Bertz CT molecular complexity index is 1420. The van der Waals surface area contributed by atoms with E-state index < -0.39 is 6.04 Å². The third-order valence-electron chi connectivity index (χ3n) is 5.97. The van der Waals surface area contributed by atoms with E-state index in [0.717, 1.165) is 28.1 Å². The Labute approximate surface area is 181 Å². The van der Waals surface area contributed by atoms with Crippen LogP contribution in [0.15, 0.2) is 51.7 Å². The van der Waals surface area contributed by atoms with E-state index >= 15 is 0 Å². The molecule has 6 rings (SSSR count). The molecule has 0 aliphatic carbocycles. The SMILES string of the molecule is Cc1c(-c2nnc(C(=O)N3CCc4[nH]cnc4[C@H]3c3cc4ccccc4o3)o2)cnn1C. The van der Waals surface area contributed by atoms with Gasteiger partial charge in [0.2, 0.25) is 0 Å². The summed E-state index contributed by atoms with van der Waals surface area (Å²) < 4.78 is 13.6. The highest BCUT2D eigenvalue weighted by atomic mass is 16.4. The molecule has 1 N–H and O–H groups in total. The Morgan fingerprint density at radius 2 is 2.09 bits per heavy atom. The first-order valence-corrected chi connectivity index (χ1v) is 10.2. The summed E-state index contributed by atoms with van der Waals surface area (Å²) in [5, 5.41) is 13.3. The van der Waals surface area contributed by atoms with Crippen LogP contribution in [0.2, 0.25) is 0 Å². The predicted octanol–water partition coefficient (Wildman–Crippen LogP) is 3.04. The maximum atomic E-state index is 13.5. The highest BCUT2D eigenvalue weighted by Gasteiger charge is 2.38. The molecule has 1 aliphatic rings. The third kappa shape index (κ3) is 2.76. The van der Waals surface area contributed by atoms with Crippen LogP contribution in [0, 0.1) is 6.92 Å². The predicted molar refractivity (Wildman–Crippen MR) is 113 cm³/mol. The standard InChI is InChI=1S/C22H19N7O3/c1-12-14(10-25-28(12)2)20-26-27-21(32-20)22(30)29-8-7-15-18(24-11-23-15)19(29)17-9-13-5-3-4-6-16(13)31-17/h3-6,9-11,19H,7-8H2,1-2H3,(H,23,24)/t19-/m1/s1. The molecule has 0 saturated carbocycles. The van der Waals surface area contributed by atoms with Crippen LogP contribution in [-0.2, 0) is 13.5 Å². The number of hydrogen-bond acceptors (Lipinski definition) is 7. The van der Waals surface area contributed by atoms with Gasteiger partial charge in [-0.15, -0.1) is 10.2 Å². The highest BCUT2D eigenvalue weighted by molar-refractivity contribution is 5.90. The third-order valence-corrected chi connectivity index (χ3v) is 5.97. The molecular formula is C22H19N7O3. The van der Waals surface area contributed by atoms with Gasteiger partial charge in [0, 0.05) is 36.8 Å². The molecular weight excluding hydrogens is 410 g/mol. The molecule has 0 spiro atoms. The van der Waals surface area contributed by atoms with Gasteiger partial charge in [0.05, 0.1) is 23.8 Å². The zero-order valence-electron chi connectivity index (χ0n) is 17.4. The van der Waals surface area contributed by atoms with Crippen LogP contribution < -0.4 is 0 Å². The Morgan fingerprint density at radius 1 is 1.22 bits per heavy atom. The number of aromatic nitrogens is 6. The molecule has 0 fully saturated rings. The lowest BCUT2D eigenvalue weighted by Gasteiger charge is -2.32. The van der Waals surface area contributed by atoms with Crippen LogP contribution in [-0.4, -0.2) is 47.3 Å². The number of nitrogens with zero attached hydrogens (tertiary/aromatic N) is 6. The molecule has 4 aromatic heterocycles. The number of H-pyrrole nitrogens is 1. The van der Waals surface area contributed by atoms with Crippen molar-refractivity contribution < 1.29 is 13.6 Å². The van der Waals surface area contributed by atoms with E-state index in [-0.39, 0.29) is 17.7 Å². The summed E-state index contributed by atoms with van der Waals surface area (Å²) in [5.74, 6) is 0.444. The number of furan rings is 1. The second-order valence-corrected chi connectivity index (χ2v) is 7.78. The lowest BCUT2D eigenvalue weighted by atomic mass is 10.00. The zero-order valence-corrected chi connectivity index (χ0v) is 17.4. The number of benzene rings is 1. The molecule has 0 radical (unpaired) electrons. The van der Waals surface area contributed by atoms with Crippen molar-refractivity contribution in [1.82, 2.24) is 34.8 Å². The summed E-state index contributed by atoms with van der Waals surface area (Å²) in [6, 6.07) is 9.19. The fourth-order valence-electron chi connectivity index (χ4n) is 4.17. The Morgan fingerprint density at radius 3 is 2.91 bits per heavy atom. The van der Waals surface area contributed by atoms with Gasteiger partial charge in [-0.2, -0.15) is 5.10 Å². The first kappa shape index (κ1) is 18.6. The zero-order chi connectivity index (χ0) is 21.8. The summed E-state index contributed by atoms with van der Waals surface area (Å²) in [6.07, 6.45) is 3.93. The number of imidazole rings is 1. The minimum atomic E-state index is -0.500. The van der Waals surface area contributed by atoms with E-state index in [1.54, 1.807) is 22.1 Å². The van der Waals surface area contributed by atoms with Crippen molar-refractivity contribution in [2.45, 2.75) is 19.4 Å². The number of para-hydroxylation sites is 1. The average Bonchev–Trinajstić information content (AvgIpc) is 3.59. The normalized spacial score (nSPS) is 15.9. The van der Waals surface area contributed by atoms with Crippen LogP contribution in [0.1, 0.15) is 39.6 Å². The molecule has 32 heavy (non-hydrogen) atoms. The van der Waals surface area contributed by atoms with Gasteiger partial charge in [0.1, 0.15) is 17.4 Å². The molecule has 10 nitrogen and oxygen atoms in total. The highest BCUT2D eigenvalue weighted by Crippen LogP contribution is 2.37. The van der Waals surface area contributed by atoms with Crippen LogP contribution in [0.3, 0.4) is 0 Å². The molecule has 5 heterocycles. The number of rotatable bonds is 3. The summed E-state index contributed by atoms with van der Waals surface area (Å²) in [4.78, 5) is 22.8. The van der Waals surface area contributed by atoms with E-state index in [2.05, 4.69) is 25.3 Å². The van der Waals surface area contributed by atoms with Gasteiger partial charge in [-0.25, -0.2) is 4.98 Å². The number of amides is 1. The fraction of sp³-hybridized carbons (Fsp3) is 0.227. The average molecular weight is 429 g/mol. The van der Waals surface area contributed by atoms with E-state index in [1.165, 1.54) is 0 Å². The molecule has 5 aromatic rings. The molecule has 160 valence electrons. The molecule has 1 atom stereocenters. The quantitative estimate of drug-likeness (QED) is 0.468. The van der Waals surface area contributed by atoms with Gasteiger partial charge in [-0.3, -0.25) is 9.48 Å². The molecule has 0 bridgehead atoms. The van der Waals surface area contributed by atoms with Gasteiger partial charge >= 0.3 is 11.8 Å². The van der Waals surface area contributed by atoms with E-state index in [0.29, 0.717) is 24.3 Å². The molecule has 1 aliphatic heterocycles. The number of aryl methyl sites for hydroxylation is 1. The van der Waals surface area contributed by atoms with E-state index in [4.69, 9.17) is 8.83 Å². The first-order valence-electron chi connectivity index (χ1n) is 10.2. The Balaban J connectivity index is 1.40. The number of nitrogens with one attached hydrogen (secondary N) is 1. The topological polar surface area (TPSA) is 119 Å². The first-order chi connectivity index (χ1) is 15.6. The smallest absolute Gasteiger partial charge is 0.312 e. The molecule has 1 aromatic carbocycles. The van der Waals surface area contributed by atoms with Crippen LogP contribution in [0.5, 0.6) is 0 Å². The molecule has 10 heteroatoms.